The lowest BCUT2D eigenvalue weighted by Crippen LogP contribution is -2.09. The summed E-state index contributed by atoms with van der Waals surface area (Å²) in [7, 11) is 0. The van der Waals surface area contributed by atoms with Crippen LogP contribution in [0.15, 0.2) is 46.6 Å². The van der Waals surface area contributed by atoms with Gasteiger partial charge in [-0.1, -0.05) is 0 Å². The summed E-state index contributed by atoms with van der Waals surface area (Å²) in [5, 5.41) is 12.0. The number of carbonyl (C=O) groups excluding carboxylic acids is 1. The van der Waals surface area contributed by atoms with E-state index in [9.17, 15) is 14.7 Å². The fourth-order valence-electron chi connectivity index (χ4n) is 2.22. The van der Waals surface area contributed by atoms with E-state index < -0.39 is 11.9 Å². The molecule has 21 heavy (non-hydrogen) atoms. The highest BCUT2D eigenvalue weighted by atomic mass is 32.1. The van der Waals surface area contributed by atoms with Crippen molar-refractivity contribution < 1.29 is 19.1 Å². The number of carboxylic acid groups (broad SMARTS) is 1. The number of carbonyl (C=O) groups is 2. The highest BCUT2D eigenvalue weighted by Crippen LogP contribution is 2.31. The molecule has 3 rings (SSSR count). The number of aliphatic carboxylic acids is 1. The van der Waals surface area contributed by atoms with Crippen molar-refractivity contribution >= 4 is 33.2 Å². The summed E-state index contributed by atoms with van der Waals surface area (Å²) in [6, 6.07) is 7.00. The van der Waals surface area contributed by atoms with E-state index in [-0.39, 0.29) is 5.78 Å². The molecule has 0 saturated heterocycles. The second kappa shape index (κ2) is 5.18. The SMILES string of the molecule is CC(C(=O)O)c1cc(C(=O)c2ccoc2)c2sccc2c1. The molecular formula is C16H12O4S. The zero-order chi connectivity index (χ0) is 15.0. The van der Waals surface area contributed by atoms with Crippen molar-refractivity contribution in [1.29, 1.82) is 0 Å². The number of furan rings is 1. The fraction of sp³-hybridized carbons (Fsp3) is 0.125. The highest BCUT2D eigenvalue weighted by molar-refractivity contribution is 7.17. The number of carboxylic acids is 1. The van der Waals surface area contributed by atoms with Gasteiger partial charge in [-0.05, 0) is 47.5 Å². The van der Waals surface area contributed by atoms with Gasteiger partial charge in [0.15, 0.2) is 5.78 Å². The molecule has 0 radical (unpaired) electrons. The van der Waals surface area contributed by atoms with Crippen molar-refractivity contribution in [3.63, 3.8) is 0 Å². The average Bonchev–Trinajstić information content (AvgIpc) is 3.15. The lowest BCUT2D eigenvalue weighted by Gasteiger charge is -2.10. The van der Waals surface area contributed by atoms with Gasteiger partial charge in [0.2, 0.25) is 0 Å². The van der Waals surface area contributed by atoms with Gasteiger partial charge in [-0.25, -0.2) is 0 Å². The minimum Gasteiger partial charge on any atom is -0.481 e. The van der Waals surface area contributed by atoms with Crippen molar-refractivity contribution in [2.24, 2.45) is 0 Å². The molecule has 5 heteroatoms. The Morgan fingerprint density at radius 1 is 1.29 bits per heavy atom. The van der Waals surface area contributed by atoms with Crippen LogP contribution in [0.1, 0.15) is 34.3 Å². The Balaban J connectivity index is 2.18. The zero-order valence-electron chi connectivity index (χ0n) is 11.2. The molecule has 1 atom stereocenters. The van der Waals surface area contributed by atoms with E-state index in [2.05, 4.69) is 0 Å². The van der Waals surface area contributed by atoms with Gasteiger partial charge in [0.1, 0.15) is 6.26 Å². The van der Waals surface area contributed by atoms with E-state index >= 15 is 0 Å². The van der Waals surface area contributed by atoms with Gasteiger partial charge in [-0.3, -0.25) is 9.59 Å². The molecule has 0 aliphatic heterocycles. The molecule has 0 bridgehead atoms. The largest absolute Gasteiger partial charge is 0.481 e. The van der Waals surface area contributed by atoms with Crippen LogP contribution in [0.5, 0.6) is 0 Å². The quantitative estimate of drug-likeness (QED) is 0.742. The van der Waals surface area contributed by atoms with E-state index in [0.29, 0.717) is 16.7 Å². The van der Waals surface area contributed by atoms with Crippen LogP contribution in [0.2, 0.25) is 0 Å². The number of hydrogen-bond acceptors (Lipinski definition) is 4. The number of rotatable bonds is 4. The van der Waals surface area contributed by atoms with E-state index in [1.54, 1.807) is 19.1 Å². The molecule has 3 aromatic rings. The van der Waals surface area contributed by atoms with E-state index in [4.69, 9.17) is 4.42 Å². The second-order valence-electron chi connectivity index (χ2n) is 4.81. The number of thiophene rings is 1. The number of fused-ring (bicyclic) bond motifs is 1. The molecule has 2 heterocycles. The van der Waals surface area contributed by atoms with Crippen molar-refractivity contribution in [3.05, 3.63) is 58.9 Å². The van der Waals surface area contributed by atoms with Crippen LogP contribution in [-0.2, 0) is 4.79 Å². The third-order valence-corrected chi connectivity index (χ3v) is 4.44. The van der Waals surface area contributed by atoms with Crippen LogP contribution < -0.4 is 0 Å². The molecule has 2 aromatic heterocycles. The van der Waals surface area contributed by atoms with Crippen molar-refractivity contribution in [3.8, 4) is 0 Å². The molecular weight excluding hydrogens is 288 g/mol. The molecule has 0 fully saturated rings. The first-order chi connectivity index (χ1) is 10.1. The molecule has 106 valence electrons. The van der Waals surface area contributed by atoms with Crippen LogP contribution in [-0.4, -0.2) is 16.9 Å². The Morgan fingerprint density at radius 2 is 2.10 bits per heavy atom. The van der Waals surface area contributed by atoms with Gasteiger partial charge in [0.05, 0.1) is 17.7 Å². The summed E-state index contributed by atoms with van der Waals surface area (Å²) in [6.45, 7) is 1.61. The summed E-state index contributed by atoms with van der Waals surface area (Å²) in [5.74, 6) is -1.73. The maximum absolute atomic E-state index is 12.6. The maximum atomic E-state index is 12.6. The molecule has 0 aliphatic rings. The summed E-state index contributed by atoms with van der Waals surface area (Å²) in [4.78, 5) is 23.7. The third-order valence-electron chi connectivity index (χ3n) is 3.47. The number of benzene rings is 1. The Bertz CT molecular complexity index is 814. The van der Waals surface area contributed by atoms with E-state index in [1.165, 1.54) is 23.9 Å². The first-order valence-corrected chi connectivity index (χ1v) is 7.26. The van der Waals surface area contributed by atoms with E-state index in [1.807, 2.05) is 17.5 Å². The Kier molecular flexibility index (Phi) is 3.35. The van der Waals surface area contributed by atoms with Gasteiger partial charge in [0.25, 0.3) is 0 Å². The molecule has 0 saturated carbocycles. The van der Waals surface area contributed by atoms with Crippen LogP contribution in [0.4, 0.5) is 0 Å². The number of ketones is 1. The molecule has 0 aliphatic carbocycles. The normalized spacial score (nSPS) is 12.4. The molecule has 1 unspecified atom stereocenters. The third kappa shape index (κ3) is 2.36. The molecule has 4 nitrogen and oxygen atoms in total. The zero-order valence-corrected chi connectivity index (χ0v) is 12.0. The smallest absolute Gasteiger partial charge is 0.310 e. The van der Waals surface area contributed by atoms with Crippen molar-refractivity contribution in [2.45, 2.75) is 12.8 Å². The van der Waals surface area contributed by atoms with Crippen LogP contribution in [0, 0.1) is 0 Å². The lowest BCUT2D eigenvalue weighted by molar-refractivity contribution is -0.138. The lowest BCUT2D eigenvalue weighted by atomic mass is 9.95. The molecule has 0 spiro atoms. The summed E-state index contributed by atoms with van der Waals surface area (Å²) >= 11 is 1.47. The van der Waals surface area contributed by atoms with Crippen LogP contribution in [0.25, 0.3) is 10.1 Å². The fourth-order valence-corrected chi connectivity index (χ4v) is 3.11. The Labute approximate surface area is 124 Å². The summed E-state index contributed by atoms with van der Waals surface area (Å²) < 4.78 is 5.82. The minimum atomic E-state index is -0.911. The first-order valence-electron chi connectivity index (χ1n) is 6.39. The summed E-state index contributed by atoms with van der Waals surface area (Å²) in [5.41, 5.74) is 1.61. The maximum Gasteiger partial charge on any atom is 0.310 e. The van der Waals surface area contributed by atoms with Crippen molar-refractivity contribution in [1.82, 2.24) is 0 Å². The summed E-state index contributed by atoms with van der Waals surface area (Å²) in [6.07, 6.45) is 2.84. The second-order valence-corrected chi connectivity index (χ2v) is 5.72. The monoisotopic (exact) mass is 300 g/mol. The Morgan fingerprint density at radius 3 is 2.76 bits per heavy atom. The average molecular weight is 300 g/mol. The van der Waals surface area contributed by atoms with Gasteiger partial charge in [-0.15, -0.1) is 11.3 Å². The minimum absolute atomic E-state index is 0.157. The van der Waals surface area contributed by atoms with Crippen molar-refractivity contribution in [2.75, 3.05) is 0 Å². The first kappa shape index (κ1) is 13.6. The van der Waals surface area contributed by atoms with Gasteiger partial charge >= 0.3 is 5.97 Å². The van der Waals surface area contributed by atoms with Gasteiger partial charge < -0.3 is 9.52 Å². The highest BCUT2D eigenvalue weighted by Gasteiger charge is 2.20. The standard InChI is InChI=1S/C16H12O4S/c1-9(16(18)19)12-6-10-3-5-21-15(10)13(7-12)14(17)11-2-4-20-8-11/h2-9H,1H3,(H,18,19). The molecule has 1 N–H and O–H groups in total. The molecule has 0 amide bonds. The predicted octanol–water partition coefficient (Wildman–Crippen LogP) is 3.91. The van der Waals surface area contributed by atoms with Crippen LogP contribution >= 0.6 is 11.3 Å². The Hall–Kier alpha value is -2.40. The topological polar surface area (TPSA) is 67.5 Å². The predicted molar refractivity (Wildman–Crippen MR) is 80.0 cm³/mol. The number of hydrogen-bond donors (Lipinski definition) is 1. The van der Waals surface area contributed by atoms with Crippen LogP contribution in [0.3, 0.4) is 0 Å². The van der Waals surface area contributed by atoms with Gasteiger partial charge in [0, 0.05) is 10.3 Å². The molecule has 1 aromatic carbocycles. The van der Waals surface area contributed by atoms with Gasteiger partial charge in [-0.2, -0.15) is 0 Å². The van der Waals surface area contributed by atoms with E-state index in [0.717, 1.165) is 10.1 Å².